The van der Waals surface area contributed by atoms with Crippen molar-refractivity contribution in [2.45, 2.75) is 38.9 Å². The Morgan fingerprint density at radius 3 is 1.95 bits per heavy atom. The SMILES string of the molecule is CC1(C)OB(c2c(F)cc(F)c(Cl)c2F)OC1(C)C. The summed E-state index contributed by atoms with van der Waals surface area (Å²) >= 11 is 5.45. The molecule has 0 N–H and O–H groups in total. The average Bonchev–Trinajstić information content (AvgIpc) is 2.44. The molecule has 0 saturated carbocycles. The topological polar surface area (TPSA) is 18.5 Å². The lowest BCUT2D eigenvalue weighted by Gasteiger charge is -2.32. The van der Waals surface area contributed by atoms with Crippen LogP contribution in [0.3, 0.4) is 0 Å². The number of benzene rings is 1. The smallest absolute Gasteiger partial charge is 0.399 e. The molecule has 19 heavy (non-hydrogen) atoms. The molecule has 1 saturated heterocycles. The molecule has 1 heterocycles. The van der Waals surface area contributed by atoms with Crippen molar-refractivity contribution >= 4 is 24.2 Å². The van der Waals surface area contributed by atoms with Gasteiger partial charge in [-0.15, -0.1) is 0 Å². The number of hydrogen-bond acceptors (Lipinski definition) is 2. The van der Waals surface area contributed by atoms with Crippen molar-refractivity contribution in [3.63, 3.8) is 0 Å². The summed E-state index contributed by atoms with van der Waals surface area (Å²) < 4.78 is 51.8. The first-order valence-corrected chi connectivity index (χ1v) is 6.13. The first-order valence-electron chi connectivity index (χ1n) is 5.75. The largest absolute Gasteiger partial charge is 0.500 e. The van der Waals surface area contributed by atoms with Crippen molar-refractivity contribution in [3.8, 4) is 0 Å². The summed E-state index contributed by atoms with van der Waals surface area (Å²) in [5, 5.41) is -0.772. The van der Waals surface area contributed by atoms with E-state index in [9.17, 15) is 13.2 Å². The zero-order valence-electron chi connectivity index (χ0n) is 11.0. The summed E-state index contributed by atoms with van der Waals surface area (Å²) in [6.07, 6.45) is 0. The Morgan fingerprint density at radius 1 is 1.00 bits per heavy atom. The molecule has 0 unspecified atom stereocenters. The van der Waals surface area contributed by atoms with E-state index in [0.717, 1.165) is 0 Å². The number of rotatable bonds is 1. The van der Waals surface area contributed by atoms with Crippen LogP contribution < -0.4 is 5.46 Å². The van der Waals surface area contributed by atoms with E-state index in [-0.39, 0.29) is 0 Å². The minimum atomic E-state index is -1.26. The van der Waals surface area contributed by atoms with E-state index < -0.39 is 46.3 Å². The fraction of sp³-hybridized carbons (Fsp3) is 0.500. The summed E-state index contributed by atoms with van der Waals surface area (Å²) in [7, 11) is -1.26. The van der Waals surface area contributed by atoms with Gasteiger partial charge in [-0.2, -0.15) is 0 Å². The first kappa shape index (κ1) is 14.7. The van der Waals surface area contributed by atoms with Crippen molar-refractivity contribution in [2.75, 3.05) is 0 Å². The van der Waals surface area contributed by atoms with Gasteiger partial charge in [-0.05, 0) is 27.7 Å². The summed E-state index contributed by atoms with van der Waals surface area (Å²) in [4.78, 5) is 0. The molecule has 0 aromatic heterocycles. The predicted molar refractivity (Wildman–Crippen MR) is 67.0 cm³/mol. The Hall–Kier alpha value is -0.715. The van der Waals surface area contributed by atoms with Crippen LogP contribution in [-0.2, 0) is 9.31 Å². The molecule has 2 rings (SSSR count). The van der Waals surface area contributed by atoms with Crippen LogP contribution in [0, 0.1) is 17.5 Å². The van der Waals surface area contributed by atoms with Gasteiger partial charge in [0.2, 0.25) is 0 Å². The summed E-state index contributed by atoms with van der Waals surface area (Å²) in [5.41, 5.74) is -2.01. The molecule has 0 aliphatic carbocycles. The van der Waals surface area contributed by atoms with E-state index in [1.54, 1.807) is 27.7 Å². The first-order chi connectivity index (χ1) is 8.57. The molecular formula is C12H13BClF3O2. The molecule has 0 radical (unpaired) electrons. The van der Waals surface area contributed by atoms with E-state index in [1.165, 1.54) is 0 Å². The Labute approximate surface area is 115 Å². The van der Waals surface area contributed by atoms with Crippen LogP contribution in [0.1, 0.15) is 27.7 Å². The van der Waals surface area contributed by atoms with Crippen molar-refractivity contribution in [1.82, 2.24) is 0 Å². The van der Waals surface area contributed by atoms with Crippen LogP contribution in [0.25, 0.3) is 0 Å². The molecule has 1 aliphatic heterocycles. The Bertz CT molecular complexity index is 518. The second-order valence-electron chi connectivity index (χ2n) is 5.47. The van der Waals surface area contributed by atoms with Gasteiger partial charge in [0.1, 0.15) is 22.5 Å². The maximum Gasteiger partial charge on any atom is 0.500 e. The Balaban J connectivity index is 2.49. The van der Waals surface area contributed by atoms with Crippen LogP contribution in [0.4, 0.5) is 13.2 Å². The standard InChI is InChI=1S/C12H13BClF3O2/c1-11(2)12(3,4)19-13(18-11)8-6(15)5-7(16)9(14)10(8)17/h5H,1-4H3. The zero-order valence-corrected chi connectivity index (χ0v) is 11.7. The fourth-order valence-corrected chi connectivity index (χ4v) is 1.91. The molecule has 0 spiro atoms. The van der Waals surface area contributed by atoms with Crippen molar-refractivity contribution in [3.05, 3.63) is 28.5 Å². The summed E-state index contributed by atoms with van der Waals surface area (Å²) in [6.45, 7) is 6.98. The highest BCUT2D eigenvalue weighted by atomic mass is 35.5. The van der Waals surface area contributed by atoms with Crippen LogP contribution in [0.5, 0.6) is 0 Å². The molecule has 2 nitrogen and oxygen atoms in total. The van der Waals surface area contributed by atoms with E-state index >= 15 is 0 Å². The van der Waals surface area contributed by atoms with Gasteiger partial charge in [-0.1, -0.05) is 11.6 Å². The molecule has 1 aromatic carbocycles. The third-order valence-corrected chi connectivity index (χ3v) is 3.99. The lowest BCUT2D eigenvalue weighted by atomic mass is 9.78. The van der Waals surface area contributed by atoms with E-state index in [4.69, 9.17) is 20.9 Å². The van der Waals surface area contributed by atoms with Gasteiger partial charge in [-0.3, -0.25) is 0 Å². The van der Waals surface area contributed by atoms with Crippen molar-refractivity contribution in [2.24, 2.45) is 0 Å². The third kappa shape index (κ3) is 2.26. The molecule has 1 fully saturated rings. The molecule has 0 atom stereocenters. The third-order valence-electron chi connectivity index (χ3n) is 3.64. The maximum absolute atomic E-state index is 13.9. The Morgan fingerprint density at radius 2 is 1.47 bits per heavy atom. The van der Waals surface area contributed by atoms with Crippen LogP contribution in [0.15, 0.2) is 6.07 Å². The highest BCUT2D eigenvalue weighted by Gasteiger charge is 2.53. The lowest BCUT2D eigenvalue weighted by molar-refractivity contribution is 0.00578. The average molecular weight is 292 g/mol. The van der Waals surface area contributed by atoms with Gasteiger partial charge in [-0.25, -0.2) is 13.2 Å². The van der Waals surface area contributed by atoms with Gasteiger partial charge in [0.15, 0.2) is 0 Å². The number of hydrogen-bond donors (Lipinski definition) is 0. The zero-order chi connectivity index (χ0) is 14.6. The number of halogens is 4. The normalized spacial score (nSPS) is 20.9. The lowest BCUT2D eigenvalue weighted by Crippen LogP contribution is -2.41. The monoisotopic (exact) mass is 292 g/mol. The van der Waals surface area contributed by atoms with Gasteiger partial charge in [0, 0.05) is 6.07 Å². The van der Waals surface area contributed by atoms with Crippen LogP contribution in [-0.4, -0.2) is 18.3 Å². The highest BCUT2D eigenvalue weighted by molar-refractivity contribution is 6.62. The van der Waals surface area contributed by atoms with E-state index in [0.29, 0.717) is 6.07 Å². The van der Waals surface area contributed by atoms with Gasteiger partial charge < -0.3 is 9.31 Å². The second-order valence-corrected chi connectivity index (χ2v) is 5.85. The Kier molecular flexibility index (Phi) is 3.40. The fourth-order valence-electron chi connectivity index (χ4n) is 1.76. The van der Waals surface area contributed by atoms with Crippen LogP contribution in [0.2, 0.25) is 5.02 Å². The second kappa shape index (κ2) is 4.40. The molecule has 0 bridgehead atoms. The summed E-state index contributed by atoms with van der Waals surface area (Å²) in [5.74, 6) is -3.44. The van der Waals surface area contributed by atoms with Gasteiger partial charge >= 0.3 is 7.12 Å². The molecule has 1 aromatic rings. The molecule has 1 aliphatic rings. The quantitative estimate of drug-likeness (QED) is 0.450. The van der Waals surface area contributed by atoms with Gasteiger partial charge in [0.05, 0.1) is 16.7 Å². The van der Waals surface area contributed by atoms with Gasteiger partial charge in [0.25, 0.3) is 0 Å². The minimum Gasteiger partial charge on any atom is -0.399 e. The van der Waals surface area contributed by atoms with Crippen LogP contribution >= 0.6 is 11.6 Å². The highest BCUT2D eigenvalue weighted by Crippen LogP contribution is 2.37. The van der Waals surface area contributed by atoms with E-state index in [1.807, 2.05) is 0 Å². The molecule has 7 heteroatoms. The van der Waals surface area contributed by atoms with Crippen molar-refractivity contribution < 1.29 is 22.5 Å². The van der Waals surface area contributed by atoms with E-state index in [2.05, 4.69) is 0 Å². The van der Waals surface area contributed by atoms with Crippen molar-refractivity contribution in [1.29, 1.82) is 0 Å². The summed E-state index contributed by atoms with van der Waals surface area (Å²) in [6, 6.07) is 0.520. The molecule has 104 valence electrons. The molecular weight excluding hydrogens is 279 g/mol. The minimum absolute atomic E-state index is 0.509. The molecule has 0 amide bonds. The predicted octanol–water partition coefficient (Wildman–Crippen LogP) is 3.06. The maximum atomic E-state index is 13.9.